The Labute approximate surface area is 100 Å². The SMILES string of the molecule is CCc1cnc[nH]1.CCc1cnc[nH]1.[Fe]. The van der Waals surface area contributed by atoms with Crippen molar-refractivity contribution in [2.75, 3.05) is 0 Å². The van der Waals surface area contributed by atoms with Crippen molar-refractivity contribution in [2.45, 2.75) is 26.7 Å². The van der Waals surface area contributed by atoms with Crippen LogP contribution in [0.1, 0.15) is 25.2 Å². The zero-order valence-corrected chi connectivity index (χ0v) is 10.1. The molecule has 2 N–H and O–H groups in total. The molecular weight excluding hydrogens is 232 g/mol. The van der Waals surface area contributed by atoms with E-state index >= 15 is 0 Å². The molecule has 4 nitrogen and oxygen atoms in total. The van der Waals surface area contributed by atoms with E-state index in [-0.39, 0.29) is 17.1 Å². The summed E-state index contributed by atoms with van der Waals surface area (Å²) in [5.74, 6) is 0. The smallest absolute Gasteiger partial charge is 0.0921 e. The summed E-state index contributed by atoms with van der Waals surface area (Å²) < 4.78 is 0. The van der Waals surface area contributed by atoms with Crippen LogP contribution < -0.4 is 0 Å². The Kier molecular flexibility index (Phi) is 7.68. The van der Waals surface area contributed by atoms with Crippen molar-refractivity contribution < 1.29 is 17.1 Å². The molecule has 0 bridgehead atoms. The molecule has 15 heavy (non-hydrogen) atoms. The van der Waals surface area contributed by atoms with Crippen LogP contribution in [-0.2, 0) is 29.9 Å². The molecule has 0 spiro atoms. The normalized spacial score (nSPS) is 8.67. The molecule has 0 aliphatic rings. The fraction of sp³-hybridized carbons (Fsp3) is 0.400. The van der Waals surface area contributed by atoms with Crippen LogP contribution in [0.4, 0.5) is 0 Å². The molecule has 0 saturated heterocycles. The first-order valence-corrected chi connectivity index (χ1v) is 4.81. The Morgan fingerprint density at radius 3 is 1.47 bits per heavy atom. The number of hydrogen-bond donors (Lipinski definition) is 2. The van der Waals surface area contributed by atoms with Gasteiger partial charge in [0.05, 0.1) is 12.7 Å². The van der Waals surface area contributed by atoms with Crippen LogP contribution in [0.15, 0.2) is 25.0 Å². The van der Waals surface area contributed by atoms with Crippen LogP contribution in [-0.4, -0.2) is 19.9 Å². The third-order valence-corrected chi connectivity index (χ3v) is 1.87. The maximum atomic E-state index is 3.84. The summed E-state index contributed by atoms with van der Waals surface area (Å²) in [6.07, 6.45) is 9.14. The first-order valence-electron chi connectivity index (χ1n) is 4.81. The molecule has 5 heteroatoms. The average Bonchev–Trinajstić information content (AvgIpc) is 2.92. The van der Waals surface area contributed by atoms with E-state index in [4.69, 9.17) is 0 Å². The van der Waals surface area contributed by atoms with E-state index in [9.17, 15) is 0 Å². The van der Waals surface area contributed by atoms with Gasteiger partial charge in [0.25, 0.3) is 0 Å². The zero-order chi connectivity index (χ0) is 10.2. The van der Waals surface area contributed by atoms with E-state index in [0.29, 0.717) is 0 Å². The van der Waals surface area contributed by atoms with Crippen molar-refractivity contribution >= 4 is 0 Å². The van der Waals surface area contributed by atoms with Crippen molar-refractivity contribution in [2.24, 2.45) is 0 Å². The van der Waals surface area contributed by atoms with Gasteiger partial charge in [0.15, 0.2) is 0 Å². The van der Waals surface area contributed by atoms with Gasteiger partial charge in [-0.15, -0.1) is 0 Å². The minimum Gasteiger partial charge on any atom is -0.349 e. The summed E-state index contributed by atoms with van der Waals surface area (Å²) >= 11 is 0. The summed E-state index contributed by atoms with van der Waals surface area (Å²) in [7, 11) is 0. The summed E-state index contributed by atoms with van der Waals surface area (Å²) in [6, 6.07) is 0. The molecular formula is C10H16FeN4. The topological polar surface area (TPSA) is 57.4 Å². The Bertz CT molecular complexity index is 281. The number of aromatic amines is 2. The van der Waals surface area contributed by atoms with E-state index in [2.05, 4.69) is 33.8 Å². The van der Waals surface area contributed by atoms with Crippen LogP contribution in [0.3, 0.4) is 0 Å². The number of aryl methyl sites for hydroxylation is 2. The van der Waals surface area contributed by atoms with Crippen molar-refractivity contribution in [3.63, 3.8) is 0 Å². The van der Waals surface area contributed by atoms with Gasteiger partial charge in [-0.1, -0.05) is 13.8 Å². The minimum absolute atomic E-state index is 0. The fourth-order valence-corrected chi connectivity index (χ4v) is 0.956. The van der Waals surface area contributed by atoms with Gasteiger partial charge in [-0.05, 0) is 12.8 Å². The van der Waals surface area contributed by atoms with Gasteiger partial charge in [-0.2, -0.15) is 0 Å². The third kappa shape index (κ3) is 5.40. The Morgan fingerprint density at radius 1 is 0.933 bits per heavy atom. The molecule has 0 radical (unpaired) electrons. The van der Waals surface area contributed by atoms with Gasteiger partial charge in [0, 0.05) is 40.9 Å². The number of nitrogens with one attached hydrogen (secondary N) is 2. The molecule has 2 heterocycles. The van der Waals surface area contributed by atoms with Gasteiger partial charge >= 0.3 is 0 Å². The number of hydrogen-bond acceptors (Lipinski definition) is 2. The number of nitrogens with zero attached hydrogens (tertiary/aromatic N) is 2. The van der Waals surface area contributed by atoms with E-state index < -0.39 is 0 Å². The van der Waals surface area contributed by atoms with Gasteiger partial charge < -0.3 is 9.97 Å². The van der Waals surface area contributed by atoms with Crippen LogP contribution in [0.2, 0.25) is 0 Å². The predicted octanol–water partition coefficient (Wildman–Crippen LogP) is 1.94. The molecule has 0 atom stereocenters. The van der Waals surface area contributed by atoms with Crippen molar-refractivity contribution in [3.05, 3.63) is 36.4 Å². The van der Waals surface area contributed by atoms with Crippen molar-refractivity contribution in [3.8, 4) is 0 Å². The zero-order valence-electron chi connectivity index (χ0n) is 8.97. The average molecular weight is 248 g/mol. The molecule has 0 saturated carbocycles. The quantitative estimate of drug-likeness (QED) is 0.798. The molecule has 0 aliphatic heterocycles. The number of H-pyrrole nitrogens is 2. The maximum absolute atomic E-state index is 3.84. The molecule has 0 unspecified atom stereocenters. The second-order valence-electron chi connectivity index (χ2n) is 2.86. The van der Waals surface area contributed by atoms with Crippen LogP contribution in [0, 0.1) is 0 Å². The maximum Gasteiger partial charge on any atom is 0.0921 e. The third-order valence-electron chi connectivity index (χ3n) is 1.87. The summed E-state index contributed by atoms with van der Waals surface area (Å²) in [5, 5.41) is 0. The molecule has 0 fully saturated rings. The standard InChI is InChI=1S/2C5H8N2.Fe/c2*1-2-5-3-6-4-7-5;/h2*3-4H,2H2,1H3,(H,6,7);. The summed E-state index contributed by atoms with van der Waals surface area (Å²) in [6.45, 7) is 4.18. The number of imidazole rings is 2. The largest absolute Gasteiger partial charge is 0.349 e. The Morgan fingerprint density at radius 2 is 1.33 bits per heavy atom. The van der Waals surface area contributed by atoms with E-state index in [1.807, 2.05) is 12.4 Å². The molecule has 2 rings (SSSR count). The number of aromatic nitrogens is 4. The minimum atomic E-state index is 0. The van der Waals surface area contributed by atoms with Crippen molar-refractivity contribution in [1.82, 2.24) is 19.9 Å². The Hall–Kier alpha value is -1.06. The summed E-state index contributed by atoms with van der Waals surface area (Å²) in [4.78, 5) is 13.6. The van der Waals surface area contributed by atoms with Gasteiger partial charge in [0.2, 0.25) is 0 Å². The molecule has 2 aromatic rings. The first kappa shape index (κ1) is 13.9. The second kappa shape index (κ2) is 8.26. The molecule has 2 aromatic heterocycles. The predicted molar refractivity (Wildman–Crippen MR) is 55.9 cm³/mol. The molecule has 0 aromatic carbocycles. The van der Waals surface area contributed by atoms with Crippen LogP contribution in [0.5, 0.6) is 0 Å². The molecule has 0 aliphatic carbocycles. The monoisotopic (exact) mass is 248 g/mol. The van der Waals surface area contributed by atoms with E-state index in [0.717, 1.165) is 12.8 Å². The van der Waals surface area contributed by atoms with E-state index in [1.54, 1.807) is 12.7 Å². The summed E-state index contributed by atoms with van der Waals surface area (Å²) in [5.41, 5.74) is 2.39. The van der Waals surface area contributed by atoms with E-state index in [1.165, 1.54) is 11.4 Å². The van der Waals surface area contributed by atoms with Gasteiger partial charge in [-0.25, -0.2) is 9.97 Å². The van der Waals surface area contributed by atoms with Crippen LogP contribution in [0.25, 0.3) is 0 Å². The van der Waals surface area contributed by atoms with Crippen LogP contribution >= 0.6 is 0 Å². The van der Waals surface area contributed by atoms with Crippen molar-refractivity contribution in [1.29, 1.82) is 0 Å². The first-order chi connectivity index (χ1) is 6.86. The van der Waals surface area contributed by atoms with Gasteiger partial charge in [0.1, 0.15) is 0 Å². The second-order valence-corrected chi connectivity index (χ2v) is 2.86. The Balaban J connectivity index is 0.000000245. The fourth-order valence-electron chi connectivity index (χ4n) is 0.956. The van der Waals surface area contributed by atoms with Gasteiger partial charge in [-0.3, -0.25) is 0 Å². The molecule has 0 amide bonds. The number of rotatable bonds is 2. The molecule has 84 valence electrons.